The van der Waals surface area contributed by atoms with Crippen LogP contribution in [-0.2, 0) is 16.3 Å². The quantitative estimate of drug-likeness (QED) is 0.811. The molecule has 0 saturated carbocycles. The molecule has 1 aliphatic heterocycles. The van der Waals surface area contributed by atoms with Crippen LogP contribution in [0.2, 0.25) is 0 Å². The number of H-pyrrole nitrogens is 1. The van der Waals surface area contributed by atoms with E-state index in [1.807, 2.05) is 0 Å². The summed E-state index contributed by atoms with van der Waals surface area (Å²) in [5.74, 6) is -0.472. The summed E-state index contributed by atoms with van der Waals surface area (Å²) in [4.78, 5) is 28.1. The van der Waals surface area contributed by atoms with Gasteiger partial charge in [-0.25, -0.2) is 8.42 Å². The first-order chi connectivity index (χ1) is 13.0. The highest BCUT2D eigenvalue weighted by atomic mass is 32.2. The normalized spacial score (nSPS) is 20.0. The summed E-state index contributed by atoms with van der Waals surface area (Å²) >= 11 is 0. The largest absolute Gasteiger partial charge is 0.449 e. The second kappa shape index (κ2) is 6.10. The minimum absolute atomic E-state index is 0.122. The lowest BCUT2D eigenvalue weighted by Crippen LogP contribution is -2.31. The third kappa shape index (κ3) is 3.26. The molecule has 2 aromatic rings. The Balaban J connectivity index is 1.57. The van der Waals surface area contributed by atoms with Crippen LogP contribution >= 0.6 is 0 Å². The molecule has 2 aliphatic rings. The number of Topliss-reactive ketones (excluding diaryl/α,β-unsaturated/α-hetero) is 1. The maximum Gasteiger partial charge on any atom is 0.257 e. The number of ketones is 1. The molecule has 1 amide bonds. The molecule has 2 N–H and O–H groups in total. The third-order valence-corrected chi connectivity index (χ3v) is 6.39. The summed E-state index contributed by atoms with van der Waals surface area (Å²) in [6.45, 7) is 3.57. The molecule has 8 nitrogen and oxygen atoms in total. The molecular formula is C19H20N2O6S. The van der Waals surface area contributed by atoms with Crippen LogP contribution in [0.1, 0.15) is 46.7 Å². The summed E-state index contributed by atoms with van der Waals surface area (Å²) in [6.07, 6.45) is 2.63. The second-order valence-electron chi connectivity index (χ2n) is 7.56. The van der Waals surface area contributed by atoms with Gasteiger partial charge in [-0.05, 0) is 12.1 Å². The van der Waals surface area contributed by atoms with Crippen molar-refractivity contribution in [1.29, 1.82) is 0 Å². The topological polar surface area (TPSA) is 115 Å². The predicted octanol–water partition coefficient (Wildman–Crippen LogP) is 2.32. The van der Waals surface area contributed by atoms with Gasteiger partial charge in [-0.3, -0.25) is 9.59 Å². The summed E-state index contributed by atoms with van der Waals surface area (Å²) in [6, 6.07) is 5.04. The van der Waals surface area contributed by atoms with Crippen molar-refractivity contribution in [2.24, 2.45) is 0 Å². The lowest BCUT2D eigenvalue weighted by molar-refractivity contribution is -0.0431. The first-order valence-corrected chi connectivity index (χ1v) is 10.7. The van der Waals surface area contributed by atoms with E-state index >= 15 is 0 Å². The number of hydrogen-bond acceptors (Lipinski definition) is 6. The SMILES string of the molecule is CC1(C)Oc2ccc(NC(=O)c3c[nH]c4c3C(=O)CC(S(C)(=O)=O)C4)cc2O1. The number of amides is 1. The number of carbonyl (C=O) groups excluding carboxylic acids is 2. The summed E-state index contributed by atoms with van der Waals surface area (Å²) in [5, 5.41) is 1.98. The molecule has 0 spiro atoms. The van der Waals surface area contributed by atoms with E-state index in [0.717, 1.165) is 6.26 Å². The molecule has 148 valence electrons. The van der Waals surface area contributed by atoms with Crippen LogP contribution in [0.4, 0.5) is 5.69 Å². The van der Waals surface area contributed by atoms with E-state index in [1.165, 1.54) is 6.20 Å². The number of rotatable bonds is 3. The zero-order valence-electron chi connectivity index (χ0n) is 15.7. The molecule has 0 radical (unpaired) electrons. The average molecular weight is 404 g/mol. The number of carbonyl (C=O) groups is 2. The molecule has 9 heteroatoms. The van der Waals surface area contributed by atoms with Gasteiger partial charge in [0.1, 0.15) is 0 Å². The highest BCUT2D eigenvalue weighted by Gasteiger charge is 2.36. The molecule has 1 aliphatic carbocycles. The minimum Gasteiger partial charge on any atom is -0.449 e. The highest BCUT2D eigenvalue weighted by Crippen LogP contribution is 2.40. The second-order valence-corrected chi connectivity index (χ2v) is 9.88. The Morgan fingerprint density at radius 2 is 1.93 bits per heavy atom. The first-order valence-electron chi connectivity index (χ1n) is 8.79. The van der Waals surface area contributed by atoms with Crippen LogP contribution in [0.15, 0.2) is 24.4 Å². The Morgan fingerprint density at radius 1 is 1.21 bits per heavy atom. The van der Waals surface area contributed by atoms with Gasteiger partial charge in [0, 0.05) is 56.6 Å². The van der Waals surface area contributed by atoms with Crippen LogP contribution in [0, 0.1) is 0 Å². The fourth-order valence-corrected chi connectivity index (χ4v) is 4.46. The Labute approximate surface area is 162 Å². The van der Waals surface area contributed by atoms with E-state index in [4.69, 9.17) is 9.47 Å². The molecule has 4 rings (SSSR count). The molecule has 0 bridgehead atoms. The fourth-order valence-electron chi connectivity index (χ4n) is 3.53. The maximum atomic E-state index is 12.7. The summed E-state index contributed by atoms with van der Waals surface area (Å²) in [5.41, 5.74) is 1.44. The number of anilines is 1. The zero-order chi connectivity index (χ0) is 20.3. The number of ether oxygens (including phenoxy) is 2. The molecule has 28 heavy (non-hydrogen) atoms. The van der Waals surface area contributed by atoms with Crippen molar-refractivity contribution in [2.45, 2.75) is 37.7 Å². The lowest BCUT2D eigenvalue weighted by atomic mass is 9.93. The van der Waals surface area contributed by atoms with Crippen molar-refractivity contribution in [1.82, 2.24) is 4.98 Å². The number of fused-ring (bicyclic) bond motifs is 2. The monoisotopic (exact) mass is 404 g/mol. The van der Waals surface area contributed by atoms with Crippen molar-refractivity contribution in [3.63, 3.8) is 0 Å². The van der Waals surface area contributed by atoms with Crippen LogP contribution < -0.4 is 14.8 Å². The Kier molecular flexibility index (Phi) is 4.04. The molecular weight excluding hydrogens is 384 g/mol. The number of hydrogen-bond donors (Lipinski definition) is 2. The molecule has 2 heterocycles. The molecule has 1 unspecified atom stereocenters. The van der Waals surface area contributed by atoms with E-state index in [9.17, 15) is 18.0 Å². The standard InChI is InChI=1S/C19H20N2O6S/c1-19(2)26-15-5-4-10(6-16(15)27-19)21-18(23)12-9-20-13-7-11(28(3,24)25)8-14(22)17(12)13/h4-6,9,11,20H,7-8H2,1-3H3,(H,21,23). The number of aromatic amines is 1. The van der Waals surface area contributed by atoms with E-state index in [1.54, 1.807) is 32.0 Å². The van der Waals surface area contributed by atoms with Crippen molar-refractivity contribution in [3.8, 4) is 11.5 Å². The van der Waals surface area contributed by atoms with Gasteiger partial charge in [0.2, 0.25) is 5.79 Å². The number of sulfone groups is 1. The minimum atomic E-state index is -3.34. The van der Waals surface area contributed by atoms with Gasteiger partial charge < -0.3 is 19.8 Å². The molecule has 0 saturated heterocycles. The van der Waals surface area contributed by atoms with Gasteiger partial charge in [-0.2, -0.15) is 0 Å². The summed E-state index contributed by atoms with van der Waals surface area (Å²) < 4.78 is 34.9. The van der Waals surface area contributed by atoms with Crippen molar-refractivity contribution >= 4 is 27.2 Å². The van der Waals surface area contributed by atoms with E-state index in [0.29, 0.717) is 22.9 Å². The van der Waals surface area contributed by atoms with Crippen molar-refractivity contribution in [2.75, 3.05) is 11.6 Å². The van der Waals surface area contributed by atoms with Crippen LogP contribution in [0.25, 0.3) is 0 Å². The van der Waals surface area contributed by atoms with Gasteiger partial charge in [-0.1, -0.05) is 0 Å². The van der Waals surface area contributed by atoms with Crippen molar-refractivity contribution < 1.29 is 27.5 Å². The predicted molar refractivity (Wildman–Crippen MR) is 102 cm³/mol. The Hall–Kier alpha value is -2.81. The smallest absolute Gasteiger partial charge is 0.257 e. The highest BCUT2D eigenvalue weighted by molar-refractivity contribution is 7.91. The van der Waals surface area contributed by atoms with Gasteiger partial charge in [-0.15, -0.1) is 0 Å². The zero-order valence-corrected chi connectivity index (χ0v) is 16.5. The molecule has 1 atom stereocenters. The maximum absolute atomic E-state index is 12.7. The molecule has 1 aromatic heterocycles. The number of aromatic nitrogens is 1. The average Bonchev–Trinajstić information content (AvgIpc) is 3.13. The molecule has 0 fully saturated rings. The van der Waals surface area contributed by atoms with Crippen LogP contribution in [-0.4, -0.2) is 42.4 Å². The summed E-state index contributed by atoms with van der Waals surface area (Å²) in [7, 11) is -3.34. The Morgan fingerprint density at radius 3 is 2.64 bits per heavy atom. The van der Waals surface area contributed by atoms with Gasteiger partial charge in [0.15, 0.2) is 27.1 Å². The van der Waals surface area contributed by atoms with Crippen molar-refractivity contribution in [3.05, 3.63) is 41.2 Å². The number of benzene rings is 1. The molecule has 1 aromatic carbocycles. The lowest BCUT2D eigenvalue weighted by Gasteiger charge is -2.20. The Bertz CT molecular complexity index is 1100. The van der Waals surface area contributed by atoms with E-state index < -0.39 is 26.8 Å². The van der Waals surface area contributed by atoms with Gasteiger partial charge in [0.25, 0.3) is 5.91 Å². The van der Waals surface area contributed by atoms with E-state index in [-0.39, 0.29) is 29.8 Å². The number of nitrogens with one attached hydrogen (secondary N) is 2. The van der Waals surface area contributed by atoms with Crippen LogP contribution in [0.5, 0.6) is 11.5 Å². The van der Waals surface area contributed by atoms with Crippen LogP contribution in [0.3, 0.4) is 0 Å². The van der Waals surface area contributed by atoms with Gasteiger partial charge >= 0.3 is 0 Å². The van der Waals surface area contributed by atoms with E-state index in [2.05, 4.69) is 10.3 Å². The van der Waals surface area contributed by atoms with Gasteiger partial charge in [0.05, 0.1) is 16.4 Å². The fraction of sp³-hybridized carbons (Fsp3) is 0.368. The first kappa shape index (κ1) is 18.5. The third-order valence-electron chi connectivity index (χ3n) is 4.85.